The molecule has 1 saturated heterocycles. The van der Waals surface area contributed by atoms with Gasteiger partial charge >= 0.3 is 6.18 Å². The highest BCUT2D eigenvalue weighted by Crippen LogP contribution is 2.56. The molecule has 2 fully saturated rings. The molecule has 2 aliphatic rings. The second kappa shape index (κ2) is 4.22. The van der Waals surface area contributed by atoms with E-state index in [0.29, 0.717) is 16.9 Å². The van der Waals surface area contributed by atoms with Crippen LogP contribution in [-0.2, 0) is 11.3 Å². The summed E-state index contributed by atoms with van der Waals surface area (Å²) in [5.74, 6) is -2.31. The van der Waals surface area contributed by atoms with Crippen LogP contribution >= 0.6 is 0 Å². The summed E-state index contributed by atoms with van der Waals surface area (Å²) in [5.41, 5.74) is -2.45. The topological polar surface area (TPSA) is 40.5 Å². The molecule has 0 spiro atoms. The molecule has 0 unspecified atom stereocenters. The fourth-order valence-electron chi connectivity index (χ4n) is 3.17. The summed E-state index contributed by atoms with van der Waals surface area (Å²) in [7, 11) is 0. The van der Waals surface area contributed by atoms with E-state index in [2.05, 4.69) is 0 Å². The summed E-state index contributed by atoms with van der Waals surface area (Å²) >= 11 is 0. The smallest absolute Gasteiger partial charge is 0.363 e. The molecule has 1 saturated carbocycles. The Labute approximate surface area is 114 Å². The van der Waals surface area contributed by atoms with Gasteiger partial charge in [-0.25, -0.2) is 0 Å². The average molecular weight is 285 g/mol. The van der Waals surface area contributed by atoms with E-state index in [-0.39, 0.29) is 13.0 Å². The van der Waals surface area contributed by atoms with Gasteiger partial charge in [0.05, 0.1) is 0 Å². The van der Waals surface area contributed by atoms with E-state index >= 15 is 0 Å². The molecule has 0 radical (unpaired) electrons. The second-order valence-electron chi connectivity index (χ2n) is 5.42. The van der Waals surface area contributed by atoms with Crippen LogP contribution in [-0.4, -0.2) is 27.8 Å². The molecule has 0 aromatic heterocycles. The molecule has 3 rings (SSSR count). The van der Waals surface area contributed by atoms with Crippen molar-refractivity contribution in [1.29, 1.82) is 0 Å². The van der Waals surface area contributed by atoms with E-state index in [9.17, 15) is 23.1 Å². The van der Waals surface area contributed by atoms with Gasteiger partial charge in [0.1, 0.15) is 0 Å². The van der Waals surface area contributed by atoms with Gasteiger partial charge in [0.15, 0.2) is 0 Å². The van der Waals surface area contributed by atoms with Crippen molar-refractivity contribution in [3.63, 3.8) is 0 Å². The van der Waals surface area contributed by atoms with Crippen LogP contribution in [0, 0.1) is 11.8 Å². The van der Waals surface area contributed by atoms with Crippen LogP contribution in [0.25, 0.3) is 0 Å². The minimum atomic E-state index is -4.84. The summed E-state index contributed by atoms with van der Waals surface area (Å²) in [5, 5.41) is 10.2. The molecule has 0 bridgehead atoms. The molecule has 3 nitrogen and oxygen atoms in total. The monoisotopic (exact) mass is 285 g/mol. The Morgan fingerprint density at radius 3 is 2.40 bits per heavy atom. The van der Waals surface area contributed by atoms with Gasteiger partial charge in [0.2, 0.25) is 11.6 Å². The van der Waals surface area contributed by atoms with Crippen molar-refractivity contribution < 1.29 is 23.1 Å². The zero-order valence-corrected chi connectivity index (χ0v) is 10.6. The third-order valence-corrected chi connectivity index (χ3v) is 4.39. The molecule has 1 amide bonds. The SMILES string of the molecule is O=C1[C@H]2CC[C@H]2[C@](O)(C(F)(F)F)N1Cc1ccccc1. The summed E-state index contributed by atoms with van der Waals surface area (Å²) in [4.78, 5) is 12.7. The molecule has 1 heterocycles. The first-order valence-corrected chi connectivity index (χ1v) is 6.50. The Morgan fingerprint density at radius 1 is 1.25 bits per heavy atom. The van der Waals surface area contributed by atoms with Crippen LogP contribution in [0.5, 0.6) is 0 Å². The van der Waals surface area contributed by atoms with Crippen LogP contribution in [0.1, 0.15) is 18.4 Å². The molecule has 108 valence electrons. The molecular formula is C14H14F3NO2. The maximum Gasteiger partial charge on any atom is 0.437 e. The van der Waals surface area contributed by atoms with Crippen LogP contribution in [0.3, 0.4) is 0 Å². The van der Waals surface area contributed by atoms with Crippen molar-refractivity contribution in [2.45, 2.75) is 31.3 Å². The largest absolute Gasteiger partial charge is 0.437 e. The fraction of sp³-hybridized carbons (Fsp3) is 0.500. The molecule has 1 aromatic carbocycles. The number of alkyl halides is 3. The quantitative estimate of drug-likeness (QED) is 0.906. The van der Waals surface area contributed by atoms with Crippen molar-refractivity contribution in [1.82, 2.24) is 4.90 Å². The highest BCUT2D eigenvalue weighted by atomic mass is 19.4. The highest BCUT2D eigenvalue weighted by molar-refractivity contribution is 5.84. The molecule has 1 aromatic rings. The lowest BCUT2D eigenvalue weighted by Crippen LogP contribution is -2.60. The van der Waals surface area contributed by atoms with Gasteiger partial charge in [-0.1, -0.05) is 30.3 Å². The number of carbonyl (C=O) groups is 1. The lowest BCUT2D eigenvalue weighted by atomic mass is 9.71. The molecule has 3 atom stereocenters. The van der Waals surface area contributed by atoms with Gasteiger partial charge in [0, 0.05) is 18.4 Å². The first-order valence-electron chi connectivity index (χ1n) is 6.50. The van der Waals surface area contributed by atoms with E-state index in [1.54, 1.807) is 30.3 Å². The number of aliphatic hydroxyl groups is 1. The van der Waals surface area contributed by atoms with Crippen molar-refractivity contribution in [2.75, 3.05) is 0 Å². The molecule has 1 aliphatic carbocycles. The summed E-state index contributed by atoms with van der Waals surface area (Å²) in [6, 6.07) is 8.41. The third-order valence-electron chi connectivity index (χ3n) is 4.39. The zero-order chi connectivity index (χ0) is 14.5. The predicted octanol–water partition coefficient (Wildman–Crippen LogP) is 2.31. The number of hydrogen-bond donors (Lipinski definition) is 1. The number of carbonyl (C=O) groups excluding carboxylic acids is 1. The predicted molar refractivity (Wildman–Crippen MR) is 64.2 cm³/mol. The Bertz CT molecular complexity index is 531. The lowest BCUT2D eigenvalue weighted by Gasteiger charge is -2.41. The number of hydrogen-bond acceptors (Lipinski definition) is 2. The van der Waals surface area contributed by atoms with E-state index in [1.807, 2.05) is 0 Å². The molecule has 1 N–H and O–H groups in total. The van der Waals surface area contributed by atoms with E-state index < -0.39 is 29.6 Å². The van der Waals surface area contributed by atoms with Gasteiger partial charge in [-0.15, -0.1) is 0 Å². The average Bonchev–Trinajstić information content (AvgIpc) is 2.47. The van der Waals surface area contributed by atoms with Crippen molar-refractivity contribution >= 4 is 5.91 Å². The van der Waals surface area contributed by atoms with E-state index in [4.69, 9.17) is 0 Å². The minimum absolute atomic E-state index is 0.220. The van der Waals surface area contributed by atoms with Crippen LogP contribution in [0.15, 0.2) is 30.3 Å². The molecule has 6 heteroatoms. The number of benzene rings is 1. The van der Waals surface area contributed by atoms with Gasteiger partial charge < -0.3 is 10.0 Å². The number of rotatable bonds is 2. The maximum absolute atomic E-state index is 13.3. The van der Waals surface area contributed by atoms with Gasteiger partial charge in [0.25, 0.3) is 0 Å². The number of nitrogens with zero attached hydrogens (tertiary/aromatic N) is 1. The number of amides is 1. The summed E-state index contributed by atoms with van der Waals surface area (Å²) in [6.07, 6.45) is -4.18. The van der Waals surface area contributed by atoms with Crippen LogP contribution < -0.4 is 0 Å². The highest BCUT2D eigenvalue weighted by Gasteiger charge is 2.73. The molecule has 1 aliphatic heterocycles. The summed E-state index contributed by atoms with van der Waals surface area (Å²) in [6.45, 7) is -0.220. The van der Waals surface area contributed by atoms with E-state index in [0.717, 1.165) is 0 Å². The van der Waals surface area contributed by atoms with Gasteiger partial charge in [-0.3, -0.25) is 4.79 Å². The Kier molecular flexibility index (Phi) is 2.83. The van der Waals surface area contributed by atoms with Crippen LogP contribution in [0.4, 0.5) is 13.2 Å². The first kappa shape index (κ1) is 13.4. The maximum atomic E-state index is 13.3. The normalized spacial score (nSPS) is 33.0. The third kappa shape index (κ3) is 1.67. The number of fused-ring (bicyclic) bond motifs is 1. The van der Waals surface area contributed by atoms with Gasteiger partial charge in [-0.2, -0.15) is 13.2 Å². The van der Waals surface area contributed by atoms with E-state index in [1.165, 1.54) is 0 Å². The lowest BCUT2D eigenvalue weighted by molar-refractivity contribution is -0.325. The minimum Gasteiger partial charge on any atom is -0.363 e. The van der Waals surface area contributed by atoms with Crippen molar-refractivity contribution in [2.24, 2.45) is 11.8 Å². The second-order valence-corrected chi connectivity index (χ2v) is 5.42. The fourth-order valence-corrected chi connectivity index (χ4v) is 3.17. The van der Waals surface area contributed by atoms with Crippen LogP contribution in [0.2, 0.25) is 0 Å². The number of halogens is 3. The zero-order valence-electron chi connectivity index (χ0n) is 10.6. The Morgan fingerprint density at radius 2 is 1.90 bits per heavy atom. The standard InChI is InChI=1S/C14H14F3NO2/c15-14(16,17)13(20)11-7-6-10(11)12(19)18(13)8-9-4-2-1-3-5-9/h1-5,10-11,20H,6-8H2/t10-,11+,13-/m0/s1. The summed E-state index contributed by atoms with van der Waals surface area (Å²) < 4.78 is 39.9. The van der Waals surface area contributed by atoms with Gasteiger partial charge in [-0.05, 0) is 18.4 Å². The molecular weight excluding hydrogens is 271 g/mol. The number of likely N-dealkylation sites (tertiary alicyclic amines) is 1. The Hall–Kier alpha value is -1.56. The first-order chi connectivity index (χ1) is 9.35. The van der Waals surface area contributed by atoms with Crippen molar-refractivity contribution in [3.05, 3.63) is 35.9 Å². The Balaban J connectivity index is 1.96. The van der Waals surface area contributed by atoms with Crippen molar-refractivity contribution in [3.8, 4) is 0 Å². The molecule has 20 heavy (non-hydrogen) atoms.